The van der Waals surface area contributed by atoms with Gasteiger partial charge in [-0.1, -0.05) is 23.5 Å². The van der Waals surface area contributed by atoms with Crippen molar-refractivity contribution in [1.29, 1.82) is 0 Å². The zero-order valence-corrected chi connectivity index (χ0v) is 15.5. The number of amides is 1. The summed E-state index contributed by atoms with van der Waals surface area (Å²) in [6.07, 6.45) is 0. The van der Waals surface area contributed by atoms with Gasteiger partial charge < -0.3 is 0 Å². The zero-order chi connectivity index (χ0) is 15.8. The summed E-state index contributed by atoms with van der Waals surface area (Å²) in [5.41, 5.74) is 1.77. The summed E-state index contributed by atoms with van der Waals surface area (Å²) in [6.45, 7) is 3.43. The number of nitrogens with zero attached hydrogens (tertiary/aromatic N) is 1. The van der Waals surface area contributed by atoms with Crippen molar-refractivity contribution in [2.24, 2.45) is 0 Å². The molecule has 1 aromatic heterocycles. The molecule has 1 N–H and O–H groups in total. The third kappa shape index (κ3) is 3.74. The Balaban J connectivity index is 2.31. The number of carbonyl (C=O) groups is 1. The Morgan fingerprint density at radius 1 is 1.38 bits per heavy atom. The highest BCUT2D eigenvalue weighted by molar-refractivity contribution is 14.1. The van der Waals surface area contributed by atoms with Crippen LogP contribution in [-0.4, -0.2) is 19.3 Å². The Bertz CT molecular complexity index is 818. The average molecular weight is 457 g/mol. The molecule has 0 saturated carbocycles. The Hall–Kier alpha value is -0.710. The molecule has 2 rings (SSSR count). The van der Waals surface area contributed by atoms with E-state index in [1.807, 2.05) is 13.0 Å². The van der Waals surface area contributed by atoms with Crippen LogP contribution in [0.25, 0.3) is 0 Å². The van der Waals surface area contributed by atoms with Crippen molar-refractivity contribution < 1.29 is 13.2 Å². The van der Waals surface area contributed by atoms with Gasteiger partial charge in [0.05, 0.1) is 11.3 Å². The fourth-order valence-electron chi connectivity index (χ4n) is 1.65. The van der Waals surface area contributed by atoms with Crippen LogP contribution in [-0.2, 0) is 9.05 Å². The molecule has 1 aromatic carbocycles. The predicted octanol–water partition coefficient (Wildman–Crippen LogP) is 3.54. The van der Waals surface area contributed by atoms with Crippen molar-refractivity contribution in [3.63, 3.8) is 0 Å². The normalized spacial score (nSPS) is 11.4. The maximum Gasteiger partial charge on any atom is 0.272 e. The van der Waals surface area contributed by atoms with Gasteiger partial charge >= 0.3 is 0 Å². The predicted molar refractivity (Wildman–Crippen MR) is 91.7 cm³/mol. The molecule has 112 valence electrons. The monoisotopic (exact) mass is 456 g/mol. The lowest BCUT2D eigenvalue weighted by molar-refractivity contribution is 0.102. The second-order valence-corrected chi connectivity index (χ2v) is 9.06. The van der Waals surface area contributed by atoms with Gasteiger partial charge in [0.1, 0.15) is 0 Å². The van der Waals surface area contributed by atoms with Crippen LogP contribution in [0.4, 0.5) is 5.13 Å². The van der Waals surface area contributed by atoms with Crippen molar-refractivity contribution >= 4 is 64.7 Å². The summed E-state index contributed by atoms with van der Waals surface area (Å²) in [4.78, 5) is 16.2. The van der Waals surface area contributed by atoms with Crippen molar-refractivity contribution in [2.45, 2.75) is 18.1 Å². The van der Waals surface area contributed by atoms with Gasteiger partial charge in [0.2, 0.25) is 0 Å². The Morgan fingerprint density at radius 3 is 2.62 bits per heavy atom. The number of aryl methyl sites for hydroxylation is 2. The Labute approximate surface area is 144 Å². The van der Waals surface area contributed by atoms with Gasteiger partial charge in [-0.15, -0.1) is 0 Å². The second kappa shape index (κ2) is 6.19. The summed E-state index contributed by atoms with van der Waals surface area (Å²) >= 11 is 2.93. The molecule has 0 unspecified atom stereocenters. The summed E-state index contributed by atoms with van der Waals surface area (Å²) in [7, 11) is 1.45. The first kappa shape index (κ1) is 16.7. The van der Waals surface area contributed by atoms with Crippen LogP contribution in [0.2, 0.25) is 0 Å². The van der Waals surface area contributed by atoms with E-state index in [0.717, 1.165) is 20.5 Å². The molecule has 0 radical (unpaired) electrons. The molecule has 0 saturated heterocycles. The molecule has 0 aliphatic rings. The van der Waals surface area contributed by atoms with Crippen LogP contribution < -0.4 is 5.32 Å². The smallest absolute Gasteiger partial charge is 0.272 e. The van der Waals surface area contributed by atoms with E-state index in [2.05, 4.69) is 32.9 Å². The summed E-state index contributed by atoms with van der Waals surface area (Å²) < 4.78 is 23.5. The molecule has 0 aliphatic heterocycles. The Kier molecular flexibility index (Phi) is 4.91. The van der Waals surface area contributed by atoms with E-state index < -0.39 is 9.05 Å². The van der Waals surface area contributed by atoms with Crippen LogP contribution in [0.5, 0.6) is 0 Å². The highest BCUT2D eigenvalue weighted by Gasteiger charge is 2.21. The van der Waals surface area contributed by atoms with Gasteiger partial charge in [0.25, 0.3) is 15.0 Å². The van der Waals surface area contributed by atoms with Gasteiger partial charge in [-0.05, 0) is 48.1 Å². The largest absolute Gasteiger partial charge is 0.298 e. The SMILES string of the molecule is Cc1cccc(C(=O)Nc2nc(C)c(S(=O)(=O)Cl)s2)c1I. The molecule has 0 atom stereocenters. The van der Waals surface area contributed by atoms with Crippen LogP contribution in [0, 0.1) is 17.4 Å². The number of carbonyl (C=O) groups excluding carboxylic acids is 1. The van der Waals surface area contributed by atoms with Crippen LogP contribution in [0.15, 0.2) is 22.4 Å². The number of halogens is 2. The van der Waals surface area contributed by atoms with E-state index in [-0.39, 0.29) is 20.9 Å². The molecule has 0 aliphatic carbocycles. The quantitative estimate of drug-likeness (QED) is 0.566. The van der Waals surface area contributed by atoms with Crippen molar-refractivity contribution in [2.75, 3.05) is 5.32 Å². The zero-order valence-electron chi connectivity index (χ0n) is 11.0. The van der Waals surface area contributed by atoms with E-state index in [0.29, 0.717) is 5.56 Å². The first-order chi connectivity index (χ1) is 9.70. The summed E-state index contributed by atoms with van der Waals surface area (Å²) in [5.74, 6) is -0.338. The molecule has 21 heavy (non-hydrogen) atoms. The first-order valence-electron chi connectivity index (χ1n) is 5.68. The van der Waals surface area contributed by atoms with Crippen molar-refractivity contribution in [3.05, 3.63) is 38.6 Å². The highest BCUT2D eigenvalue weighted by Crippen LogP contribution is 2.30. The maximum atomic E-state index is 12.2. The molecule has 2 aromatic rings. The number of hydrogen-bond acceptors (Lipinski definition) is 5. The molecule has 0 spiro atoms. The number of benzene rings is 1. The minimum atomic E-state index is -3.85. The van der Waals surface area contributed by atoms with E-state index in [9.17, 15) is 13.2 Å². The van der Waals surface area contributed by atoms with Crippen molar-refractivity contribution in [1.82, 2.24) is 4.98 Å². The lowest BCUT2D eigenvalue weighted by atomic mass is 10.1. The molecular formula is C12H10ClIN2O3S2. The third-order valence-electron chi connectivity index (χ3n) is 2.63. The Morgan fingerprint density at radius 2 is 2.05 bits per heavy atom. The van der Waals surface area contributed by atoms with E-state index in [1.54, 1.807) is 12.1 Å². The van der Waals surface area contributed by atoms with Crippen molar-refractivity contribution in [3.8, 4) is 0 Å². The van der Waals surface area contributed by atoms with Crippen LogP contribution in [0.3, 0.4) is 0 Å². The van der Waals surface area contributed by atoms with Gasteiger partial charge in [0.15, 0.2) is 9.34 Å². The van der Waals surface area contributed by atoms with Gasteiger partial charge in [-0.25, -0.2) is 13.4 Å². The molecule has 0 bridgehead atoms. The molecule has 1 heterocycles. The lowest BCUT2D eigenvalue weighted by Gasteiger charge is -2.06. The summed E-state index contributed by atoms with van der Waals surface area (Å²) in [5, 5.41) is 2.80. The average Bonchev–Trinajstić information content (AvgIpc) is 2.73. The number of nitrogens with one attached hydrogen (secondary N) is 1. The molecule has 1 amide bonds. The maximum absolute atomic E-state index is 12.2. The number of hydrogen-bond donors (Lipinski definition) is 1. The highest BCUT2D eigenvalue weighted by atomic mass is 127. The van der Waals surface area contributed by atoms with Gasteiger partial charge in [-0.2, -0.15) is 0 Å². The molecular weight excluding hydrogens is 447 g/mol. The number of thiazole rings is 1. The molecule has 0 fully saturated rings. The fourth-order valence-corrected chi connectivity index (χ4v) is 4.60. The van der Waals surface area contributed by atoms with E-state index >= 15 is 0 Å². The summed E-state index contributed by atoms with van der Waals surface area (Å²) in [6, 6.07) is 5.39. The number of rotatable bonds is 3. The van der Waals surface area contributed by atoms with Gasteiger partial charge in [0, 0.05) is 14.3 Å². The van der Waals surface area contributed by atoms with E-state index in [4.69, 9.17) is 10.7 Å². The van der Waals surface area contributed by atoms with E-state index in [1.165, 1.54) is 6.92 Å². The number of anilines is 1. The minimum absolute atomic E-state index is 0.0570. The van der Waals surface area contributed by atoms with Crippen LogP contribution >= 0.6 is 44.6 Å². The number of aromatic nitrogens is 1. The molecule has 5 nitrogen and oxygen atoms in total. The van der Waals surface area contributed by atoms with Gasteiger partial charge in [-0.3, -0.25) is 10.1 Å². The first-order valence-corrected chi connectivity index (χ1v) is 9.89. The third-order valence-corrected chi connectivity index (χ3v) is 7.32. The minimum Gasteiger partial charge on any atom is -0.298 e. The topological polar surface area (TPSA) is 76.1 Å². The van der Waals surface area contributed by atoms with Crippen LogP contribution in [0.1, 0.15) is 21.6 Å². The lowest BCUT2D eigenvalue weighted by Crippen LogP contribution is -2.13. The fraction of sp³-hybridized carbons (Fsp3) is 0.167. The second-order valence-electron chi connectivity index (χ2n) is 4.22. The standard InChI is InChI=1S/C12H10ClIN2O3S2/c1-6-4-3-5-8(9(6)14)10(17)16-12-15-7(2)11(20-12)21(13,18)19/h3-5H,1-2H3,(H,15,16,17). The molecule has 9 heteroatoms.